The first kappa shape index (κ1) is 14.9. The summed E-state index contributed by atoms with van der Waals surface area (Å²) in [5.41, 5.74) is 1.72. The zero-order chi connectivity index (χ0) is 15.6. The maximum Gasteiger partial charge on any atom is 0.275 e. The third kappa shape index (κ3) is 3.17. The molecule has 2 aromatic heterocycles. The van der Waals surface area contributed by atoms with Crippen LogP contribution in [-0.2, 0) is 11.3 Å². The number of hydrogen-bond acceptors (Lipinski definition) is 6. The summed E-state index contributed by atoms with van der Waals surface area (Å²) in [4.78, 5) is 20.6. The Morgan fingerprint density at radius 3 is 3.13 bits per heavy atom. The Labute approximate surface area is 138 Å². The highest BCUT2D eigenvalue weighted by molar-refractivity contribution is 7.07. The van der Waals surface area contributed by atoms with Crippen LogP contribution in [-0.4, -0.2) is 59.6 Å². The van der Waals surface area contributed by atoms with Crippen LogP contribution >= 0.6 is 11.3 Å². The minimum Gasteiger partial charge on any atom is -0.451 e. The van der Waals surface area contributed by atoms with E-state index in [-0.39, 0.29) is 12.0 Å². The molecule has 4 heterocycles. The minimum absolute atomic E-state index is 0.0696. The highest BCUT2D eigenvalue weighted by Crippen LogP contribution is 2.25. The van der Waals surface area contributed by atoms with Crippen molar-refractivity contribution < 1.29 is 13.9 Å². The lowest BCUT2D eigenvalue weighted by Gasteiger charge is -2.22. The second kappa shape index (κ2) is 6.43. The van der Waals surface area contributed by atoms with Crippen molar-refractivity contribution in [2.75, 3.05) is 32.8 Å². The molecule has 0 spiro atoms. The standard InChI is InChI=1S/C16H19N3O3S/c20-16(14-9-21-11-17-14)19-7-13-6-18(2-3-22-15(13)8-19)5-12-1-4-23-10-12/h1,4,9-11,13,15H,2-3,5-8H2/t13-,15+/m0/s1. The Kier molecular flexibility index (Phi) is 4.15. The van der Waals surface area contributed by atoms with Crippen molar-refractivity contribution in [1.29, 1.82) is 0 Å². The molecule has 2 aliphatic rings. The van der Waals surface area contributed by atoms with E-state index < -0.39 is 0 Å². The van der Waals surface area contributed by atoms with E-state index in [1.54, 1.807) is 11.3 Å². The number of hydrogen-bond donors (Lipinski definition) is 0. The first-order valence-electron chi connectivity index (χ1n) is 7.82. The second-order valence-electron chi connectivity index (χ2n) is 6.12. The van der Waals surface area contributed by atoms with Gasteiger partial charge in [0.2, 0.25) is 0 Å². The topological polar surface area (TPSA) is 58.8 Å². The predicted octanol–water partition coefficient (Wildman–Crippen LogP) is 1.71. The van der Waals surface area contributed by atoms with E-state index in [9.17, 15) is 4.79 Å². The molecule has 0 N–H and O–H groups in total. The van der Waals surface area contributed by atoms with Crippen molar-refractivity contribution in [3.8, 4) is 0 Å². The Morgan fingerprint density at radius 2 is 2.35 bits per heavy atom. The first-order valence-corrected chi connectivity index (χ1v) is 8.76. The molecule has 0 radical (unpaired) electrons. The van der Waals surface area contributed by atoms with Gasteiger partial charge in [0.25, 0.3) is 5.91 Å². The molecule has 2 saturated heterocycles. The van der Waals surface area contributed by atoms with Crippen LogP contribution in [0.2, 0.25) is 0 Å². The number of oxazole rings is 1. The number of nitrogens with zero attached hydrogens (tertiary/aromatic N) is 3. The largest absolute Gasteiger partial charge is 0.451 e. The maximum atomic E-state index is 12.4. The fourth-order valence-electron chi connectivity index (χ4n) is 3.39. The van der Waals surface area contributed by atoms with E-state index in [2.05, 4.69) is 26.7 Å². The summed E-state index contributed by atoms with van der Waals surface area (Å²) in [7, 11) is 0. The van der Waals surface area contributed by atoms with Crippen molar-refractivity contribution in [2.24, 2.45) is 5.92 Å². The lowest BCUT2D eigenvalue weighted by Crippen LogP contribution is -2.33. The summed E-state index contributed by atoms with van der Waals surface area (Å²) in [6.07, 6.45) is 2.82. The molecule has 0 aliphatic carbocycles. The average Bonchev–Trinajstić information content (AvgIpc) is 3.28. The SMILES string of the molecule is O=C(c1cocn1)N1C[C@@H]2CN(Cc3ccsc3)CCO[C@@H]2C1. The van der Waals surface area contributed by atoms with Crippen LogP contribution < -0.4 is 0 Å². The third-order valence-electron chi connectivity index (χ3n) is 4.54. The first-order chi connectivity index (χ1) is 11.3. The van der Waals surface area contributed by atoms with E-state index in [1.807, 2.05) is 4.90 Å². The summed E-state index contributed by atoms with van der Waals surface area (Å²) >= 11 is 1.73. The van der Waals surface area contributed by atoms with Crippen LogP contribution in [0.15, 0.2) is 33.9 Å². The van der Waals surface area contributed by atoms with Crippen molar-refractivity contribution in [3.05, 3.63) is 40.7 Å². The molecular formula is C16H19N3O3S. The molecule has 23 heavy (non-hydrogen) atoms. The van der Waals surface area contributed by atoms with Gasteiger partial charge in [0.05, 0.1) is 12.7 Å². The van der Waals surface area contributed by atoms with Gasteiger partial charge in [-0.2, -0.15) is 11.3 Å². The molecule has 0 bridgehead atoms. The molecule has 4 rings (SSSR count). The smallest absolute Gasteiger partial charge is 0.275 e. The molecular weight excluding hydrogens is 314 g/mol. The molecule has 2 aromatic rings. The molecule has 0 saturated carbocycles. The Bertz CT molecular complexity index is 644. The number of fused-ring (bicyclic) bond motifs is 1. The number of ether oxygens (including phenoxy) is 1. The molecule has 2 atom stereocenters. The van der Waals surface area contributed by atoms with Crippen LogP contribution in [0.4, 0.5) is 0 Å². The van der Waals surface area contributed by atoms with Crippen molar-refractivity contribution in [3.63, 3.8) is 0 Å². The van der Waals surface area contributed by atoms with E-state index in [1.165, 1.54) is 18.2 Å². The average molecular weight is 333 g/mol. The molecule has 0 aromatic carbocycles. The van der Waals surface area contributed by atoms with Crippen molar-refractivity contribution in [2.45, 2.75) is 12.6 Å². The molecule has 2 fully saturated rings. The maximum absolute atomic E-state index is 12.4. The summed E-state index contributed by atoms with van der Waals surface area (Å²) in [5.74, 6) is 0.284. The molecule has 6 nitrogen and oxygen atoms in total. The van der Waals surface area contributed by atoms with E-state index >= 15 is 0 Å². The number of thiophene rings is 1. The van der Waals surface area contributed by atoms with Gasteiger partial charge in [-0.1, -0.05) is 0 Å². The van der Waals surface area contributed by atoms with E-state index in [4.69, 9.17) is 9.15 Å². The minimum atomic E-state index is -0.0696. The zero-order valence-corrected chi connectivity index (χ0v) is 13.6. The number of aromatic nitrogens is 1. The van der Waals surface area contributed by atoms with Gasteiger partial charge < -0.3 is 14.1 Å². The predicted molar refractivity (Wildman–Crippen MR) is 85.2 cm³/mol. The fraction of sp³-hybridized carbons (Fsp3) is 0.500. The summed E-state index contributed by atoms with van der Waals surface area (Å²) in [6.45, 7) is 4.94. The summed E-state index contributed by atoms with van der Waals surface area (Å²) in [5, 5.41) is 4.30. The van der Waals surface area contributed by atoms with Gasteiger partial charge in [-0.3, -0.25) is 9.69 Å². The van der Waals surface area contributed by atoms with E-state index in [0.29, 0.717) is 18.2 Å². The van der Waals surface area contributed by atoms with Gasteiger partial charge in [0.15, 0.2) is 12.1 Å². The molecule has 0 unspecified atom stereocenters. The van der Waals surface area contributed by atoms with Gasteiger partial charge in [0.1, 0.15) is 6.26 Å². The quantitative estimate of drug-likeness (QED) is 0.856. The van der Waals surface area contributed by atoms with Crippen LogP contribution in [0.3, 0.4) is 0 Å². The summed E-state index contributed by atoms with van der Waals surface area (Å²) in [6, 6.07) is 2.17. The van der Waals surface area contributed by atoms with Crippen LogP contribution in [0.5, 0.6) is 0 Å². The second-order valence-corrected chi connectivity index (χ2v) is 6.90. The number of likely N-dealkylation sites (tertiary alicyclic amines) is 1. The van der Waals surface area contributed by atoms with Crippen molar-refractivity contribution >= 4 is 17.2 Å². The van der Waals surface area contributed by atoms with E-state index in [0.717, 1.165) is 32.8 Å². The Balaban J connectivity index is 1.41. The van der Waals surface area contributed by atoms with Crippen LogP contribution in [0, 0.1) is 5.92 Å². The highest BCUT2D eigenvalue weighted by atomic mass is 32.1. The third-order valence-corrected chi connectivity index (χ3v) is 5.27. The highest BCUT2D eigenvalue weighted by Gasteiger charge is 2.39. The zero-order valence-electron chi connectivity index (χ0n) is 12.8. The van der Waals surface area contributed by atoms with Crippen LogP contribution in [0.1, 0.15) is 16.1 Å². The molecule has 7 heteroatoms. The lowest BCUT2D eigenvalue weighted by molar-refractivity contribution is 0.0482. The van der Waals surface area contributed by atoms with Gasteiger partial charge >= 0.3 is 0 Å². The Hall–Kier alpha value is -1.70. The fourth-order valence-corrected chi connectivity index (χ4v) is 4.05. The van der Waals surface area contributed by atoms with Crippen molar-refractivity contribution in [1.82, 2.24) is 14.8 Å². The molecule has 2 aliphatic heterocycles. The van der Waals surface area contributed by atoms with Crippen LogP contribution in [0.25, 0.3) is 0 Å². The number of amides is 1. The number of carbonyl (C=O) groups excluding carboxylic acids is 1. The normalized spacial score (nSPS) is 25.3. The van der Waals surface area contributed by atoms with Gasteiger partial charge in [-0.05, 0) is 22.4 Å². The number of rotatable bonds is 3. The van der Waals surface area contributed by atoms with Gasteiger partial charge in [0, 0.05) is 38.6 Å². The van der Waals surface area contributed by atoms with Gasteiger partial charge in [-0.15, -0.1) is 0 Å². The van der Waals surface area contributed by atoms with Gasteiger partial charge in [-0.25, -0.2) is 4.98 Å². The monoisotopic (exact) mass is 333 g/mol. The lowest BCUT2D eigenvalue weighted by atomic mass is 10.1. The molecule has 1 amide bonds. The molecule has 122 valence electrons. The number of carbonyl (C=O) groups is 1. The summed E-state index contributed by atoms with van der Waals surface area (Å²) < 4.78 is 10.9. The Morgan fingerprint density at radius 1 is 1.39 bits per heavy atom.